The predicted octanol–water partition coefficient (Wildman–Crippen LogP) is 0.806. The van der Waals surface area contributed by atoms with Gasteiger partial charge in [-0.3, -0.25) is 15.0 Å². The fourth-order valence-electron chi connectivity index (χ4n) is 2.47. The molecule has 10 heteroatoms. The second kappa shape index (κ2) is 7.04. The van der Waals surface area contributed by atoms with Crippen LogP contribution in [-0.2, 0) is 11.0 Å². The summed E-state index contributed by atoms with van der Waals surface area (Å²) in [5.74, 6) is -0.0273. The highest BCUT2D eigenvalue weighted by Gasteiger charge is 2.31. The van der Waals surface area contributed by atoms with Crippen LogP contribution in [0.3, 0.4) is 0 Å². The minimum Gasteiger partial charge on any atom is -0.354 e. The molecule has 0 unspecified atom stereocenters. The standard InChI is InChI=1S/C14H18F3N5O2/c1-9(12(23)20-13(18)24)21-4-6-22(7-5-21)11-3-2-10(8-19-11)14(15,16)17/h2-3,8-9H,4-7H2,1H3,(H3,18,20,23,24)/t9-/m1/s1. The summed E-state index contributed by atoms with van der Waals surface area (Å²) < 4.78 is 37.6. The fourth-order valence-corrected chi connectivity index (χ4v) is 2.47. The summed E-state index contributed by atoms with van der Waals surface area (Å²) in [7, 11) is 0. The average molecular weight is 345 g/mol. The van der Waals surface area contributed by atoms with Crippen molar-refractivity contribution in [3.8, 4) is 0 Å². The Morgan fingerprint density at radius 3 is 2.33 bits per heavy atom. The van der Waals surface area contributed by atoms with E-state index in [0.29, 0.717) is 32.0 Å². The molecule has 132 valence electrons. The third-order valence-corrected chi connectivity index (χ3v) is 3.89. The van der Waals surface area contributed by atoms with E-state index in [2.05, 4.69) is 4.98 Å². The number of pyridine rings is 1. The molecule has 1 aromatic rings. The number of alkyl halides is 3. The van der Waals surface area contributed by atoms with Crippen molar-refractivity contribution in [3.63, 3.8) is 0 Å². The molecule has 2 rings (SSSR count). The molecule has 7 nitrogen and oxygen atoms in total. The lowest BCUT2D eigenvalue weighted by Gasteiger charge is -2.37. The molecule has 0 radical (unpaired) electrons. The van der Waals surface area contributed by atoms with Crippen molar-refractivity contribution >= 4 is 17.8 Å². The van der Waals surface area contributed by atoms with Gasteiger partial charge in [-0.1, -0.05) is 0 Å². The number of primary amides is 1. The van der Waals surface area contributed by atoms with Crippen LogP contribution in [0.4, 0.5) is 23.8 Å². The summed E-state index contributed by atoms with van der Waals surface area (Å²) in [5.41, 5.74) is 4.13. The number of piperazine rings is 1. The van der Waals surface area contributed by atoms with Crippen LogP contribution in [-0.4, -0.2) is 54.0 Å². The van der Waals surface area contributed by atoms with Gasteiger partial charge in [0.25, 0.3) is 0 Å². The maximum absolute atomic E-state index is 12.5. The zero-order valence-corrected chi connectivity index (χ0v) is 13.0. The molecule has 24 heavy (non-hydrogen) atoms. The summed E-state index contributed by atoms with van der Waals surface area (Å²) in [4.78, 5) is 30.0. The Kier molecular flexibility index (Phi) is 5.27. The molecule has 3 amide bonds. The number of nitrogens with two attached hydrogens (primary N) is 1. The van der Waals surface area contributed by atoms with E-state index >= 15 is 0 Å². The molecule has 1 fully saturated rings. The van der Waals surface area contributed by atoms with E-state index < -0.39 is 29.7 Å². The third kappa shape index (κ3) is 4.34. The number of carbonyl (C=O) groups excluding carboxylic acids is 2. The Labute approximate surface area is 136 Å². The Balaban J connectivity index is 1.93. The van der Waals surface area contributed by atoms with Crippen molar-refractivity contribution in [1.29, 1.82) is 0 Å². The van der Waals surface area contributed by atoms with Crippen molar-refractivity contribution < 1.29 is 22.8 Å². The Hall–Kier alpha value is -2.36. The molecule has 1 aromatic heterocycles. The number of imide groups is 1. The van der Waals surface area contributed by atoms with E-state index in [9.17, 15) is 22.8 Å². The lowest BCUT2D eigenvalue weighted by molar-refractivity contribution is -0.137. The van der Waals surface area contributed by atoms with Crippen LogP contribution >= 0.6 is 0 Å². The minimum atomic E-state index is -4.41. The van der Waals surface area contributed by atoms with Gasteiger partial charge in [-0.2, -0.15) is 13.2 Å². The average Bonchev–Trinajstić information content (AvgIpc) is 2.53. The van der Waals surface area contributed by atoms with Crippen LogP contribution in [0.2, 0.25) is 0 Å². The van der Waals surface area contributed by atoms with Gasteiger partial charge in [0, 0.05) is 32.4 Å². The number of anilines is 1. The maximum Gasteiger partial charge on any atom is 0.417 e. The number of aromatic nitrogens is 1. The van der Waals surface area contributed by atoms with Gasteiger partial charge in [-0.05, 0) is 19.1 Å². The second-order valence-corrected chi connectivity index (χ2v) is 5.46. The van der Waals surface area contributed by atoms with Crippen molar-refractivity contribution in [2.75, 3.05) is 31.1 Å². The van der Waals surface area contributed by atoms with Crippen LogP contribution in [0.25, 0.3) is 0 Å². The first kappa shape index (κ1) is 18.0. The number of nitrogens with zero attached hydrogens (tertiary/aromatic N) is 3. The quantitative estimate of drug-likeness (QED) is 0.846. The van der Waals surface area contributed by atoms with E-state index in [4.69, 9.17) is 5.73 Å². The highest BCUT2D eigenvalue weighted by Crippen LogP contribution is 2.29. The van der Waals surface area contributed by atoms with E-state index in [1.807, 2.05) is 15.1 Å². The van der Waals surface area contributed by atoms with Crippen LogP contribution in [0.1, 0.15) is 12.5 Å². The molecular formula is C14H18F3N5O2. The molecule has 1 atom stereocenters. The van der Waals surface area contributed by atoms with Crippen LogP contribution in [0.15, 0.2) is 18.3 Å². The van der Waals surface area contributed by atoms with Gasteiger partial charge in [-0.25, -0.2) is 9.78 Å². The first-order chi connectivity index (χ1) is 11.2. The summed E-state index contributed by atoms with van der Waals surface area (Å²) in [6.07, 6.45) is -3.60. The number of hydrogen-bond acceptors (Lipinski definition) is 5. The first-order valence-electron chi connectivity index (χ1n) is 7.31. The minimum absolute atomic E-state index is 0.455. The number of halogens is 3. The highest BCUT2D eigenvalue weighted by molar-refractivity contribution is 5.96. The SMILES string of the molecule is C[C@H](C(=O)NC(N)=O)N1CCN(c2ccc(C(F)(F)F)cn2)CC1. The molecule has 2 heterocycles. The number of carbonyl (C=O) groups is 2. The number of rotatable bonds is 3. The Bertz CT molecular complexity index is 597. The molecule has 0 aliphatic carbocycles. The van der Waals surface area contributed by atoms with Crippen LogP contribution in [0, 0.1) is 0 Å². The van der Waals surface area contributed by atoms with Crippen LogP contribution in [0.5, 0.6) is 0 Å². The largest absolute Gasteiger partial charge is 0.417 e. The molecule has 1 aliphatic heterocycles. The molecular weight excluding hydrogens is 327 g/mol. The molecule has 3 N–H and O–H groups in total. The summed E-state index contributed by atoms with van der Waals surface area (Å²) in [6, 6.07) is 0.902. The van der Waals surface area contributed by atoms with Crippen molar-refractivity contribution in [3.05, 3.63) is 23.9 Å². The summed E-state index contributed by atoms with van der Waals surface area (Å²) >= 11 is 0. The normalized spacial score (nSPS) is 17.4. The fraction of sp³-hybridized carbons (Fsp3) is 0.500. The van der Waals surface area contributed by atoms with Gasteiger partial charge in [0.15, 0.2) is 0 Å². The van der Waals surface area contributed by atoms with E-state index in [0.717, 1.165) is 12.3 Å². The lowest BCUT2D eigenvalue weighted by atomic mass is 10.2. The number of hydrogen-bond donors (Lipinski definition) is 2. The summed E-state index contributed by atoms with van der Waals surface area (Å²) in [6.45, 7) is 3.69. The topological polar surface area (TPSA) is 91.6 Å². The van der Waals surface area contributed by atoms with Gasteiger partial charge in [0.2, 0.25) is 5.91 Å². The van der Waals surface area contributed by atoms with E-state index in [1.165, 1.54) is 6.07 Å². The van der Waals surface area contributed by atoms with Gasteiger partial charge < -0.3 is 10.6 Å². The second-order valence-electron chi connectivity index (χ2n) is 5.46. The summed E-state index contributed by atoms with van der Waals surface area (Å²) in [5, 5.41) is 2.03. The first-order valence-corrected chi connectivity index (χ1v) is 7.31. The monoisotopic (exact) mass is 345 g/mol. The maximum atomic E-state index is 12.5. The van der Waals surface area contributed by atoms with Gasteiger partial charge in [0.1, 0.15) is 5.82 Å². The smallest absolute Gasteiger partial charge is 0.354 e. The van der Waals surface area contributed by atoms with Crippen molar-refractivity contribution in [2.24, 2.45) is 5.73 Å². The Morgan fingerprint density at radius 1 is 1.25 bits per heavy atom. The van der Waals surface area contributed by atoms with Gasteiger partial charge in [-0.15, -0.1) is 0 Å². The van der Waals surface area contributed by atoms with Gasteiger partial charge >= 0.3 is 12.2 Å². The molecule has 1 aliphatic rings. The molecule has 1 saturated heterocycles. The van der Waals surface area contributed by atoms with Crippen molar-refractivity contribution in [1.82, 2.24) is 15.2 Å². The zero-order valence-electron chi connectivity index (χ0n) is 13.0. The Morgan fingerprint density at radius 2 is 1.88 bits per heavy atom. The zero-order chi connectivity index (χ0) is 17.9. The molecule has 0 aromatic carbocycles. The number of nitrogens with one attached hydrogen (secondary N) is 1. The van der Waals surface area contributed by atoms with E-state index in [-0.39, 0.29) is 0 Å². The number of urea groups is 1. The van der Waals surface area contributed by atoms with Gasteiger partial charge in [0.05, 0.1) is 11.6 Å². The van der Waals surface area contributed by atoms with Crippen molar-refractivity contribution in [2.45, 2.75) is 19.1 Å². The lowest BCUT2D eigenvalue weighted by Crippen LogP contribution is -2.55. The number of amides is 3. The molecule has 0 bridgehead atoms. The molecule has 0 saturated carbocycles. The predicted molar refractivity (Wildman–Crippen MR) is 80.2 cm³/mol. The highest BCUT2D eigenvalue weighted by atomic mass is 19.4. The molecule has 0 spiro atoms. The van der Waals surface area contributed by atoms with Crippen LogP contribution < -0.4 is 16.0 Å². The van der Waals surface area contributed by atoms with E-state index in [1.54, 1.807) is 6.92 Å². The third-order valence-electron chi connectivity index (χ3n) is 3.89.